The molecule has 0 fully saturated rings. The molecule has 1 aliphatic rings. The fourth-order valence-electron chi connectivity index (χ4n) is 3.56. The van der Waals surface area contributed by atoms with Gasteiger partial charge in [-0.25, -0.2) is 0 Å². The lowest BCUT2D eigenvalue weighted by molar-refractivity contribution is -0.113. The molecule has 0 radical (unpaired) electrons. The summed E-state index contributed by atoms with van der Waals surface area (Å²) in [6, 6.07) is 21.2. The summed E-state index contributed by atoms with van der Waals surface area (Å²) in [5.74, 6) is 0.746. The zero-order valence-corrected chi connectivity index (χ0v) is 19.6. The van der Waals surface area contributed by atoms with Crippen molar-refractivity contribution in [3.05, 3.63) is 105 Å². The Morgan fingerprint density at radius 3 is 2.39 bits per heavy atom. The van der Waals surface area contributed by atoms with Crippen LogP contribution in [0.3, 0.4) is 0 Å². The van der Waals surface area contributed by atoms with E-state index in [0.717, 1.165) is 38.3 Å². The van der Waals surface area contributed by atoms with Crippen molar-refractivity contribution >= 4 is 50.9 Å². The summed E-state index contributed by atoms with van der Waals surface area (Å²) in [6.07, 6.45) is 3.84. The van der Waals surface area contributed by atoms with Crippen molar-refractivity contribution in [2.75, 3.05) is 11.5 Å². The Balaban J connectivity index is 1.78. The van der Waals surface area contributed by atoms with Gasteiger partial charge in [0.1, 0.15) is 5.75 Å². The number of nitrogens with zero attached hydrogens (tertiary/aromatic N) is 1. The van der Waals surface area contributed by atoms with Gasteiger partial charge in [-0.15, -0.1) is 0 Å². The molecule has 5 heteroatoms. The molecule has 0 aromatic heterocycles. The molecule has 0 bridgehead atoms. The van der Waals surface area contributed by atoms with Crippen LogP contribution < -0.4 is 9.64 Å². The van der Waals surface area contributed by atoms with E-state index in [4.69, 9.17) is 16.3 Å². The second-order valence-corrected chi connectivity index (χ2v) is 8.56. The first-order chi connectivity index (χ1) is 15.0. The summed E-state index contributed by atoms with van der Waals surface area (Å²) in [6.45, 7) is 4.57. The highest BCUT2D eigenvalue weighted by molar-refractivity contribution is 9.10. The van der Waals surface area contributed by atoms with Crippen LogP contribution in [-0.2, 0) is 4.79 Å². The lowest BCUT2D eigenvalue weighted by atomic mass is 10.1. The summed E-state index contributed by atoms with van der Waals surface area (Å²) in [7, 11) is 0. The number of anilines is 1. The minimum absolute atomic E-state index is 0.0655. The van der Waals surface area contributed by atoms with Crippen LogP contribution in [0.15, 0.2) is 82.9 Å². The number of halogens is 2. The molecule has 1 amide bonds. The van der Waals surface area contributed by atoms with E-state index in [9.17, 15) is 4.79 Å². The van der Waals surface area contributed by atoms with E-state index < -0.39 is 0 Å². The largest absolute Gasteiger partial charge is 0.494 e. The fraction of sp³-hybridized carbons (Fsp3) is 0.115. The maximum absolute atomic E-state index is 13.5. The number of carbonyl (C=O) groups is 1. The smallest absolute Gasteiger partial charge is 0.262 e. The number of hydrogen-bond donors (Lipinski definition) is 0. The van der Waals surface area contributed by atoms with E-state index in [1.165, 1.54) is 0 Å². The molecule has 0 N–H and O–H groups in total. The molecule has 31 heavy (non-hydrogen) atoms. The molecule has 1 heterocycles. The van der Waals surface area contributed by atoms with Crippen molar-refractivity contribution in [1.29, 1.82) is 0 Å². The first kappa shape index (κ1) is 21.4. The molecule has 0 saturated carbocycles. The zero-order chi connectivity index (χ0) is 22.0. The molecule has 4 rings (SSSR count). The number of rotatable bonds is 5. The maximum Gasteiger partial charge on any atom is 0.262 e. The number of benzene rings is 3. The third kappa shape index (κ3) is 4.60. The van der Waals surface area contributed by atoms with Gasteiger partial charge in [-0.2, -0.15) is 0 Å². The van der Waals surface area contributed by atoms with Crippen molar-refractivity contribution < 1.29 is 9.53 Å². The van der Waals surface area contributed by atoms with Crippen LogP contribution in [0.5, 0.6) is 5.75 Å². The average Bonchev–Trinajstić information content (AvgIpc) is 3.06. The van der Waals surface area contributed by atoms with E-state index in [2.05, 4.69) is 15.9 Å². The second-order valence-electron chi connectivity index (χ2n) is 7.21. The molecule has 0 unspecified atom stereocenters. The highest BCUT2D eigenvalue weighted by Crippen LogP contribution is 2.38. The van der Waals surface area contributed by atoms with Gasteiger partial charge in [0.2, 0.25) is 0 Å². The average molecular weight is 495 g/mol. The molecule has 3 aromatic rings. The predicted molar refractivity (Wildman–Crippen MR) is 131 cm³/mol. The van der Waals surface area contributed by atoms with Crippen LogP contribution in [0, 0.1) is 6.92 Å². The maximum atomic E-state index is 13.5. The molecule has 3 nitrogen and oxygen atoms in total. The molecular formula is C26H21BrClNO2. The molecule has 3 aromatic carbocycles. The van der Waals surface area contributed by atoms with Gasteiger partial charge in [0.15, 0.2) is 0 Å². The number of amides is 1. The first-order valence-corrected chi connectivity index (χ1v) is 11.2. The van der Waals surface area contributed by atoms with Crippen LogP contribution >= 0.6 is 27.5 Å². The molecule has 156 valence electrons. The lowest BCUT2D eigenvalue weighted by Crippen LogP contribution is -2.25. The number of ether oxygens (including phenoxy) is 1. The Morgan fingerprint density at radius 1 is 1.03 bits per heavy atom. The van der Waals surface area contributed by atoms with Crippen molar-refractivity contribution in [3.8, 4) is 5.75 Å². The Labute approximate surface area is 195 Å². The SMILES string of the molecule is CCOc1ccc(/C=C2\C=C(c3ccc(Cl)cc3)N(c3ccc(Br)cc3C)C2=O)cc1. The molecule has 0 saturated heterocycles. The highest BCUT2D eigenvalue weighted by Gasteiger charge is 2.31. The minimum atomic E-state index is -0.0655. The fourth-order valence-corrected chi connectivity index (χ4v) is 4.17. The quantitative estimate of drug-likeness (QED) is 0.349. The Hall–Kier alpha value is -2.82. The van der Waals surface area contributed by atoms with Gasteiger partial charge in [-0.05, 0) is 85.2 Å². The Kier molecular flexibility index (Phi) is 6.30. The van der Waals surface area contributed by atoms with Crippen LogP contribution in [0.25, 0.3) is 11.8 Å². The standard InChI is InChI=1S/C26H21BrClNO2/c1-3-31-23-11-4-18(5-12-23)15-20-16-25(19-6-9-22(28)10-7-19)29(26(20)30)24-13-8-21(27)14-17(24)2/h4-16H,3H2,1-2H3/b20-15+. The van der Waals surface area contributed by atoms with E-state index in [1.807, 2.05) is 92.7 Å². The van der Waals surface area contributed by atoms with Gasteiger partial charge in [-0.1, -0.05) is 51.8 Å². The van der Waals surface area contributed by atoms with Crippen molar-refractivity contribution in [3.63, 3.8) is 0 Å². The summed E-state index contributed by atoms with van der Waals surface area (Å²) in [4.78, 5) is 15.3. The summed E-state index contributed by atoms with van der Waals surface area (Å²) in [5.41, 5.74) is 5.16. The zero-order valence-electron chi connectivity index (χ0n) is 17.2. The molecule has 0 atom stereocenters. The van der Waals surface area contributed by atoms with Crippen molar-refractivity contribution in [1.82, 2.24) is 0 Å². The normalized spacial score (nSPS) is 14.8. The van der Waals surface area contributed by atoms with Crippen LogP contribution in [0.4, 0.5) is 5.69 Å². The molecule has 0 spiro atoms. The van der Waals surface area contributed by atoms with Gasteiger partial charge < -0.3 is 4.74 Å². The van der Waals surface area contributed by atoms with Gasteiger partial charge in [0.25, 0.3) is 5.91 Å². The minimum Gasteiger partial charge on any atom is -0.494 e. The third-order valence-corrected chi connectivity index (χ3v) is 5.78. The summed E-state index contributed by atoms with van der Waals surface area (Å²) in [5, 5.41) is 0.658. The lowest BCUT2D eigenvalue weighted by Gasteiger charge is -2.23. The van der Waals surface area contributed by atoms with E-state index in [1.54, 1.807) is 4.90 Å². The molecular weight excluding hydrogens is 474 g/mol. The topological polar surface area (TPSA) is 29.5 Å². The Bertz CT molecular complexity index is 1180. The number of hydrogen-bond acceptors (Lipinski definition) is 2. The van der Waals surface area contributed by atoms with Crippen LogP contribution in [0.1, 0.15) is 23.6 Å². The third-order valence-electron chi connectivity index (χ3n) is 5.04. The second kappa shape index (κ2) is 9.13. The highest BCUT2D eigenvalue weighted by atomic mass is 79.9. The van der Waals surface area contributed by atoms with Gasteiger partial charge in [0, 0.05) is 15.1 Å². The Morgan fingerprint density at radius 2 is 1.74 bits per heavy atom. The van der Waals surface area contributed by atoms with Crippen molar-refractivity contribution in [2.45, 2.75) is 13.8 Å². The van der Waals surface area contributed by atoms with Crippen molar-refractivity contribution in [2.24, 2.45) is 0 Å². The molecule has 0 aliphatic carbocycles. The van der Waals surface area contributed by atoms with Gasteiger partial charge in [-0.3, -0.25) is 9.69 Å². The first-order valence-electron chi connectivity index (χ1n) is 9.99. The monoisotopic (exact) mass is 493 g/mol. The number of carbonyl (C=O) groups excluding carboxylic acids is 1. The van der Waals surface area contributed by atoms with Gasteiger partial charge in [0.05, 0.1) is 18.0 Å². The van der Waals surface area contributed by atoms with E-state index >= 15 is 0 Å². The van der Waals surface area contributed by atoms with Crippen LogP contribution in [-0.4, -0.2) is 12.5 Å². The number of aryl methyl sites for hydroxylation is 1. The summed E-state index contributed by atoms with van der Waals surface area (Å²) < 4.78 is 6.49. The van der Waals surface area contributed by atoms with E-state index in [0.29, 0.717) is 17.2 Å². The van der Waals surface area contributed by atoms with Gasteiger partial charge >= 0.3 is 0 Å². The van der Waals surface area contributed by atoms with Crippen LogP contribution in [0.2, 0.25) is 5.02 Å². The summed E-state index contributed by atoms with van der Waals surface area (Å²) >= 11 is 9.59. The predicted octanol–water partition coefficient (Wildman–Crippen LogP) is 7.28. The molecule has 1 aliphatic heterocycles. The van der Waals surface area contributed by atoms with E-state index in [-0.39, 0.29) is 5.91 Å².